The molecule has 0 heterocycles. The van der Waals surface area contributed by atoms with Crippen LogP contribution < -0.4 is 0 Å². The second-order valence-electron chi connectivity index (χ2n) is 5.24. The molecule has 0 aromatic heterocycles. The van der Waals surface area contributed by atoms with E-state index in [4.69, 9.17) is 4.74 Å². The van der Waals surface area contributed by atoms with Gasteiger partial charge in [0.05, 0.1) is 6.61 Å². The molecule has 1 aliphatic rings. The lowest BCUT2D eigenvalue weighted by Crippen LogP contribution is -2.33. The lowest BCUT2D eigenvalue weighted by Gasteiger charge is -2.28. The number of carbonyl (C=O) groups excluding carboxylic acids is 2. The Balaban J connectivity index is 2.54. The maximum atomic E-state index is 12.3. The molecule has 104 valence electrons. The molecule has 0 bridgehead atoms. The Labute approximate surface area is 110 Å². The van der Waals surface area contributed by atoms with Crippen LogP contribution in [-0.4, -0.2) is 18.4 Å². The van der Waals surface area contributed by atoms with Gasteiger partial charge in [-0.05, 0) is 44.9 Å². The zero-order valence-corrected chi connectivity index (χ0v) is 11.9. The molecule has 1 aliphatic carbocycles. The Bertz CT molecular complexity index is 277. The van der Waals surface area contributed by atoms with Gasteiger partial charge in [0.1, 0.15) is 11.7 Å². The minimum atomic E-state index is -0.534. The highest BCUT2D eigenvalue weighted by Crippen LogP contribution is 2.33. The van der Waals surface area contributed by atoms with E-state index in [1.807, 2.05) is 6.92 Å². The molecule has 1 rings (SSSR count). The van der Waals surface area contributed by atoms with Crippen molar-refractivity contribution in [3.8, 4) is 0 Å². The topological polar surface area (TPSA) is 43.4 Å². The molecule has 0 spiro atoms. The van der Waals surface area contributed by atoms with Crippen LogP contribution in [-0.2, 0) is 14.3 Å². The van der Waals surface area contributed by atoms with Gasteiger partial charge in [-0.15, -0.1) is 0 Å². The van der Waals surface area contributed by atoms with Gasteiger partial charge in [0, 0.05) is 5.92 Å². The summed E-state index contributed by atoms with van der Waals surface area (Å²) in [6.07, 6.45) is 5.93. The molecule has 0 aliphatic heterocycles. The van der Waals surface area contributed by atoms with Crippen LogP contribution in [0.15, 0.2) is 0 Å². The highest BCUT2D eigenvalue weighted by Gasteiger charge is 2.33. The third-order valence-corrected chi connectivity index (χ3v) is 4.15. The van der Waals surface area contributed by atoms with Gasteiger partial charge in [0.15, 0.2) is 0 Å². The molecular formula is C15H26O3. The first-order chi connectivity index (χ1) is 8.63. The summed E-state index contributed by atoms with van der Waals surface area (Å²) in [5.41, 5.74) is 0. The quantitative estimate of drug-likeness (QED) is 0.539. The summed E-state index contributed by atoms with van der Waals surface area (Å²) >= 11 is 0. The van der Waals surface area contributed by atoms with Gasteiger partial charge in [-0.1, -0.05) is 20.3 Å². The number of hydrogen-bond donors (Lipinski definition) is 0. The second kappa shape index (κ2) is 7.55. The van der Waals surface area contributed by atoms with Crippen molar-refractivity contribution < 1.29 is 14.3 Å². The van der Waals surface area contributed by atoms with Crippen molar-refractivity contribution in [2.24, 2.45) is 17.8 Å². The molecule has 3 heteroatoms. The van der Waals surface area contributed by atoms with Gasteiger partial charge in [-0.3, -0.25) is 9.59 Å². The number of ketones is 1. The number of hydrogen-bond acceptors (Lipinski definition) is 3. The van der Waals surface area contributed by atoms with E-state index in [9.17, 15) is 9.59 Å². The van der Waals surface area contributed by atoms with Gasteiger partial charge in [-0.25, -0.2) is 0 Å². The van der Waals surface area contributed by atoms with Crippen LogP contribution in [0.2, 0.25) is 0 Å². The fourth-order valence-corrected chi connectivity index (χ4v) is 2.87. The summed E-state index contributed by atoms with van der Waals surface area (Å²) in [6, 6.07) is 0. The van der Waals surface area contributed by atoms with E-state index >= 15 is 0 Å². The molecule has 0 aromatic rings. The molecule has 18 heavy (non-hydrogen) atoms. The third kappa shape index (κ3) is 3.82. The molecule has 0 aromatic carbocycles. The lowest BCUT2D eigenvalue weighted by atomic mass is 9.76. The largest absolute Gasteiger partial charge is 0.465 e. The van der Waals surface area contributed by atoms with Crippen LogP contribution >= 0.6 is 0 Å². The van der Waals surface area contributed by atoms with E-state index in [-0.39, 0.29) is 17.7 Å². The highest BCUT2D eigenvalue weighted by molar-refractivity contribution is 6.00. The summed E-state index contributed by atoms with van der Waals surface area (Å²) in [4.78, 5) is 24.1. The molecule has 0 amide bonds. The Morgan fingerprint density at radius 3 is 2.17 bits per heavy atom. The second-order valence-corrected chi connectivity index (χ2v) is 5.24. The minimum absolute atomic E-state index is 0.0853. The fourth-order valence-electron chi connectivity index (χ4n) is 2.87. The van der Waals surface area contributed by atoms with Gasteiger partial charge >= 0.3 is 5.97 Å². The van der Waals surface area contributed by atoms with Crippen molar-refractivity contribution in [1.29, 1.82) is 0 Å². The van der Waals surface area contributed by atoms with Crippen LogP contribution in [0.1, 0.15) is 59.3 Å². The predicted octanol–water partition coefficient (Wildman–Crippen LogP) is 3.36. The SMILES string of the molecule is CCOC(=O)C(CC)C(=O)C1CCC(CC)CC1. The van der Waals surface area contributed by atoms with Crippen molar-refractivity contribution >= 4 is 11.8 Å². The monoisotopic (exact) mass is 254 g/mol. The van der Waals surface area contributed by atoms with Crippen LogP contribution in [0.4, 0.5) is 0 Å². The van der Waals surface area contributed by atoms with E-state index < -0.39 is 5.92 Å². The number of Topliss-reactive ketones (excluding diaryl/α,β-unsaturated/α-hetero) is 1. The number of esters is 1. The minimum Gasteiger partial charge on any atom is -0.465 e. The Morgan fingerprint density at radius 1 is 1.11 bits per heavy atom. The molecule has 0 radical (unpaired) electrons. The zero-order chi connectivity index (χ0) is 13.5. The highest BCUT2D eigenvalue weighted by atomic mass is 16.5. The van der Waals surface area contributed by atoms with Gasteiger partial charge in [0.25, 0.3) is 0 Å². The number of ether oxygens (including phenoxy) is 1. The fraction of sp³-hybridized carbons (Fsp3) is 0.867. The average Bonchev–Trinajstić information content (AvgIpc) is 2.40. The van der Waals surface area contributed by atoms with E-state index in [1.165, 1.54) is 6.42 Å². The standard InChI is InChI=1S/C15H26O3/c1-4-11-7-9-12(10-8-11)14(16)13(5-2)15(17)18-6-3/h11-13H,4-10H2,1-3H3. The van der Waals surface area contributed by atoms with Crippen molar-refractivity contribution in [2.45, 2.75) is 59.3 Å². The van der Waals surface area contributed by atoms with E-state index in [2.05, 4.69) is 6.92 Å². The Morgan fingerprint density at radius 2 is 1.72 bits per heavy atom. The molecule has 0 saturated heterocycles. The van der Waals surface area contributed by atoms with Crippen LogP contribution in [0.5, 0.6) is 0 Å². The normalized spacial score (nSPS) is 25.5. The summed E-state index contributed by atoms with van der Waals surface area (Å²) in [7, 11) is 0. The molecule has 1 fully saturated rings. The molecule has 3 nitrogen and oxygen atoms in total. The lowest BCUT2D eigenvalue weighted by molar-refractivity contribution is -0.153. The van der Waals surface area contributed by atoms with Crippen molar-refractivity contribution in [3.05, 3.63) is 0 Å². The van der Waals surface area contributed by atoms with E-state index in [0.717, 1.165) is 31.6 Å². The van der Waals surface area contributed by atoms with Gasteiger partial charge in [0.2, 0.25) is 0 Å². The maximum Gasteiger partial charge on any atom is 0.316 e. The molecular weight excluding hydrogens is 228 g/mol. The van der Waals surface area contributed by atoms with Crippen molar-refractivity contribution in [1.82, 2.24) is 0 Å². The first kappa shape index (κ1) is 15.2. The summed E-state index contributed by atoms with van der Waals surface area (Å²) < 4.78 is 4.99. The van der Waals surface area contributed by atoms with Crippen molar-refractivity contribution in [2.75, 3.05) is 6.61 Å². The first-order valence-corrected chi connectivity index (χ1v) is 7.34. The Kier molecular flexibility index (Phi) is 6.37. The van der Waals surface area contributed by atoms with E-state index in [0.29, 0.717) is 13.0 Å². The zero-order valence-electron chi connectivity index (χ0n) is 11.9. The van der Waals surface area contributed by atoms with Crippen LogP contribution in [0, 0.1) is 17.8 Å². The maximum absolute atomic E-state index is 12.3. The van der Waals surface area contributed by atoms with Gasteiger partial charge in [-0.2, -0.15) is 0 Å². The Hall–Kier alpha value is -0.860. The number of rotatable bonds is 6. The molecule has 0 N–H and O–H groups in total. The summed E-state index contributed by atoms with van der Waals surface area (Å²) in [6.45, 7) is 6.23. The van der Waals surface area contributed by atoms with E-state index in [1.54, 1.807) is 6.92 Å². The predicted molar refractivity (Wildman–Crippen MR) is 71.2 cm³/mol. The average molecular weight is 254 g/mol. The van der Waals surface area contributed by atoms with Gasteiger partial charge < -0.3 is 4.74 Å². The molecule has 1 atom stereocenters. The smallest absolute Gasteiger partial charge is 0.316 e. The third-order valence-electron chi connectivity index (χ3n) is 4.15. The molecule has 1 unspecified atom stereocenters. The van der Waals surface area contributed by atoms with Crippen molar-refractivity contribution in [3.63, 3.8) is 0 Å². The summed E-state index contributed by atoms with van der Waals surface area (Å²) in [5.74, 6) is 0.111. The first-order valence-electron chi connectivity index (χ1n) is 7.34. The van der Waals surface area contributed by atoms with Crippen LogP contribution in [0.3, 0.4) is 0 Å². The molecule has 1 saturated carbocycles. The van der Waals surface area contributed by atoms with Crippen LogP contribution in [0.25, 0.3) is 0 Å². The number of carbonyl (C=O) groups is 2. The summed E-state index contributed by atoms with van der Waals surface area (Å²) in [5, 5.41) is 0.